The lowest BCUT2D eigenvalue weighted by atomic mass is 9.96. The Morgan fingerprint density at radius 3 is 2.62 bits per heavy atom. The maximum atomic E-state index is 12.0. The maximum Gasteiger partial charge on any atom is 0.321 e. The molecule has 0 heterocycles. The maximum absolute atomic E-state index is 12.0. The van der Waals surface area contributed by atoms with E-state index in [1.165, 1.54) is 6.42 Å². The second kappa shape index (κ2) is 9.25. The number of rotatable bonds is 5. The highest BCUT2D eigenvalue weighted by Gasteiger charge is 2.19. The fourth-order valence-electron chi connectivity index (χ4n) is 2.99. The highest BCUT2D eigenvalue weighted by molar-refractivity contribution is 6.42. The van der Waals surface area contributed by atoms with E-state index in [0.29, 0.717) is 16.6 Å². The average Bonchev–Trinajstić information content (AvgIpc) is 2.52. The third-order valence-electron chi connectivity index (χ3n) is 4.18. The summed E-state index contributed by atoms with van der Waals surface area (Å²) in [4.78, 5) is 24.8. The van der Waals surface area contributed by atoms with E-state index in [4.69, 9.17) is 23.2 Å². The SMILES string of the molecule is C[NH+](CC(=O)NC(=O)NC1CCCCC1)Cc1cccc(Cl)c1Cl. The summed E-state index contributed by atoms with van der Waals surface area (Å²) < 4.78 is 0. The lowest BCUT2D eigenvalue weighted by molar-refractivity contribution is -0.885. The van der Waals surface area contributed by atoms with Gasteiger partial charge in [-0.05, 0) is 18.9 Å². The summed E-state index contributed by atoms with van der Waals surface area (Å²) >= 11 is 12.1. The average molecular weight is 373 g/mol. The van der Waals surface area contributed by atoms with Gasteiger partial charge < -0.3 is 10.2 Å². The summed E-state index contributed by atoms with van der Waals surface area (Å²) in [7, 11) is 1.87. The Bertz CT molecular complexity index is 589. The second-order valence-corrected chi connectivity index (χ2v) is 7.17. The van der Waals surface area contributed by atoms with Gasteiger partial charge in [-0.2, -0.15) is 0 Å². The minimum Gasteiger partial charge on any atom is -0.335 e. The van der Waals surface area contributed by atoms with E-state index >= 15 is 0 Å². The van der Waals surface area contributed by atoms with Crippen LogP contribution in [0.15, 0.2) is 18.2 Å². The van der Waals surface area contributed by atoms with Gasteiger partial charge >= 0.3 is 6.03 Å². The number of nitrogens with one attached hydrogen (secondary N) is 3. The number of hydrogen-bond acceptors (Lipinski definition) is 2. The molecule has 0 radical (unpaired) electrons. The smallest absolute Gasteiger partial charge is 0.321 e. The minimum atomic E-state index is -0.402. The number of amides is 3. The molecule has 1 aliphatic carbocycles. The fraction of sp³-hybridized carbons (Fsp3) is 0.529. The Balaban J connectivity index is 1.76. The summed E-state index contributed by atoms with van der Waals surface area (Å²) in [5.41, 5.74) is 0.876. The molecule has 3 amide bonds. The molecule has 1 atom stereocenters. The predicted molar refractivity (Wildman–Crippen MR) is 95.5 cm³/mol. The van der Waals surface area contributed by atoms with Crippen molar-refractivity contribution in [3.8, 4) is 0 Å². The van der Waals surface area contributed by atoms with Gasteiger partial charge in [0.15, 0.2) is 6.54 Å². The largest absolute Gasteiger partial charge is 0.335 e. The number of imide groups is 1. The minimum absolute atomic E-state index is 0.181. The number of quaternary nitrogens is 1. The Hall–Kier alpha value is -1.30. The fourth-order valence-corrected chi connectivity index (χ4v) is 3.37. The molecule has 1 aromatic rings. The van der Waals surface area contributed by atoms with Crippen LogP contribution < -0.4 is 15.5 Å². The number of urea groups is 1. The first-order valence-electron chi connectivity index (χ1n) is 8.30. The number of benzene rings is 1. The number of halogens is 2. The summed E-state index contributed by atoms with van der Waals surface area (Å²) in [5.74, 6) is -0.307. The molecule has 1 aliphatic rings. The van der Waals surface area contributed by atoms with Crippen molar-refractivity contribution in [2.75, 3.05) is 13.6 Å². The standard InChI is InChI=1S/C17H23Cl2N3O2/c1-22(10-12-6-5-9-14(18)16(12)19)11-15(23)21-17(24)20-13-7-3-2-4-8-13/h5-6,9,13H,2-4,7-8,10-11H2,1H3,(H2,20,21,23,24)/p+1. The van der Waals surface area contributed by atoms with Gasteiger partial charge in [-0.1, -0.05) is 54.6 Å². The monoisotopic (exact) mass is 372 g/mol. The number of carbonyl (C=O) groups excluding carboxylic acids is 2. The Labute approximate surface area is 152 Å². The van der Waals surface area contributed by atoms with Crippen LogP contribution in [0.25, 0.3) is 0 Å². The van der Waals surface area contributed by atoms with Crippen LogP contribution in [0.3, 0.4) is 0 Å². The molecule has 5 nitrogen and oxygen atoms in total. The highest BCUT2D eigenvalue weighted by atomic mass is 35.5. The molecule has 1 unspecified atom stereocenters. The highest BCUT2D eigenvalue weighted by Crippen LogP contribution is 2.24. The summed E-state index contributed by atoms with van der Waals surface area (Å²) in [6.45, 7) is 0.734. The molecule has 0 spiro atoms. The summed E-state index contributed by atoms with van der Waals surface area (Å²) in [6.07, 6.45) is 5.46. The van der Waals surface area contributed by atoms with Gasteiger partial charge in [0.25, 0.3) is 5.91 Å². The van der Waals surface area contributed by atoms with Crippen molar-refractivity contribution in [3.63, 3.8) is 0 Å². The molecule has 0 aliphatic heterocycles. The zero-order valence-corrected chi connectivity index (χ0v) is 15.3. The van der Waals surface area contributed by atoms with Crippen LogP contribution in [0.5, 0.6) is 0 Å². The first kappa shape index (κ1) is 19.0. The van der Waals surface area contributed by atoms with Gasteiger partial charge in [-0.3, -0.25) is 10.1 Å². The van der Waals surface area contributed by atoms with E-state index in [1.807, 2.05) is 19.2 Å². The topological polar surface area (TPSA) is 62.6 Å². The Morgan fingerprint density at radius 1 is 1.21 bits per heavy atom. The predicted octanol–water partition coefficient (Wildman–Crippen LogP) is 2.17. The van der Waals surface area contributed by atoms with Crippen molar-refractivity contribution >= 4 is 35.1 Å². The van der Waals surface area contributed by atoms with Crippen LogP contribution in [0.2, 0.25) is 10.0 Å². The molecule has 0 saturated heterocycles. The lowest BCUT2D eigenvalue weighted by Crippen LogP contribution is -3.09. The van der Waals surface area contributed by atoms with Crippen molar-refractivity contribution in [2.24, 2.45) is 0 Å². The molecule has 7 heteroatoms. The van der Waals surface area contributed by atoms with Gasteiger partial charge in [0, 0.05) is 11.6 Å². The molecule has 2 rings (SSSR count). The van der Waals surface area contributed by atoms with Crippen LogP contribution in [0.4, 0.5) is 4.79 Å². The zero-order chi connectivity index (χ0) is 17.5. The molecular weight excluding hydrogens is 349 g/mol. The molecule has 0 aromatic heterocycles. The van der Waals surface area contributed by atoms with Gasteiger partial charge in [0.2, 0.25) is 0 Å². The van der Waals surface area contributed by atoms with Crippen molar-refractivity contribution < 1.29 is 14.5 Å². The van der Waals surface area contributed by atoms with E-state index in [9.17, 15) is 9.59 Å². The molecule has 24 heavy (non-hydrogen) atoms. The normalized spacial score (nSPS) is 16.5. The van der Waals surface area contributed by atoms with E-state index < -0.39 is 6.03 Å². The van der Waals surface area contributed by atoms with Gasteiger partial charge in [0.05, 0.1) is 17.1 Å². The van der Waals surface area contributed by atoms with Crippen molar-refractivity contribution in [3.05, 3.63) is 33.8 Å². The van der Waals surface area contributed by atoms with E-state index in [2.05, 4.69) is 10.6 Å². The van der Waals surface area contributed by atoms with E-state index in [0.717, 1.165) is 36.1 Å². The quantitative estimate of drug-likeness (QED) is 0.741. The van der Waals surface area contributed by atoms with Crippen molar-refractivity contribution in [1.82, 2.24) is 10.6 Å². The first-order chi connectivity index (χ1) is 11.5. The van der Waals surface area contributed by atoms with Crippen molar-refractivity contribution in [1.29, 1.82) is 0 Å². The number of likely N-dealkylation sites (N-methyl/N-ethyl adjacent to an activating group) is 1. The van der Waals surface area contributed by atoms with Gasteiger partial charge in [-0.15, -0.1) is 0 Å². The lowest BCUT2D eigenvalue weighted by Gasteiger charge is -2.22. The van der Waals surface area contributed by atoms with Crippen LogP contribution in [-0.2, 0) is 11.3 Å². The van der Waals surface area contributed by atoms with Crippen LogP contribution in [0.1, 0.15) is 37.7 Å². The van der Waals surface area contributed by atoms with Crippen LogP contribution in [-0.4, -0.2) is 31.6 Å². The second-order valence-electron chi connectivity index (χ2n) is 6.38. The molecule has 3 N–H and O–H groups in total. The van der Waals surface area contributed by atoms with Gasteiger partial charge in [0.1, 0.15) is 6.54 Å². The summed E-state index contributed by atoms with van der Waals surface area (Å²) in [5, 5.41) is 6.28. The van der Waals surface area contributed by atoms with Gasteiger partial charge in [-0.25, -0.2) is 4.79 Å². The number of hydrogen-bond donors (Lipinski definition) is 3. The van der Waals surface area contributed by atoms with Crippen LogP contribution >= 0.6 is 23.2 Å². The first-order valence-corrected chi connectivity index (χ1v) is 9.06. The van der Waals surface area contributed by atoms with E-state index in [-0.39, 0.29) is 18.5 Å². The molecular formula is C17H24Cl2N3O2+. The Morgan fingerprint density at radius 2 is 1.92 bits per heavy atom. The van der Waals surface area contributed by atoms with Crippen LogP contribution in [0, 0.1) is 0 Å². The zero-order valence-electron chi connectivity index (χ0n) is 13.8. The summed E-state index contributed by atoms with van der Waals surface area (Å²) in [6, 6.07) is 5.22. The molecule has 132 valence electrons. The molecule has 1 fully saturated rings. The third kappa shape index (κ3) is 5.96. The number of carbonyl (C=O) groups is 2. The molecule has 0 bridgehead atoms. The third-order valence-corrected chi connectivity index (χ3v) is 5.04. The molecule has 1 saturated carbocycles. The van der Waals surface area contributed by atoms with Crippen molar-refractivity contribution in [2.45, 2.75) is 44.7 Å². The Kier molecular flexibility index (Phi) is 7.34. The molecule has 1 aromatic carbocycles. The van der Waals surface area contributed by atoms with E-state index in [1.54, 1.807) is 6.07 Å².